The van der Waals surface area contributed by atoms with E-state index in [1.165, 1.54) is 0 Å². The fourth-order valence-corrected chi connectivity index (χ4v) is 2.07. The van der Waals surface area contributed by atoms with Gasteiger partial charge in [0.2, 0.25) is 11.8 Å². The first-order valence-corrected chi connectivity index (χ1v) is 7.59. The average Bonchev–Trinajstić information content (AvgIpc) is 3.31. The number of aromatic nitrogens is 3. The Labute approximate surface area is 142 Å². The lowest BCUT2D eigenvalue weighted by molar-refractivity contribution is 0.0721. The molecule has 3 N–H and O–H groups in total. The number of carbonyl (C=O) groups excluding carboxylic acids is 1. The highest BCUT2D eigenvalue weighted by atomic mass is 16.5. The first kappa shape index (κ1) is 16.8. The highest BCUT2D eigenvalue weighted by molar-refractivity contribution is 5.93. The van der Waals surface area contributed by atoms with E-state index in [9.17, 15) is 9.90 Å². The van der Waals surface area contributed by atoms with Gasteiger partial charge in [-0.15, -0.1) is 10.2 Å². The second-order valence-electron chi connectivity index (χ2n) is 5.18. The van der Waals surface area contributed by atoms with Gasteiger partial charge in [0.25, 0.3) is 5.91 Å². The fraction of sp³-hybridized carbons (Fsp3) is 0.250. The standard InChI is InChI=1S/C16H16N4O5/c21-9-12(22)16-19-18-14(24-16)6-7-17-15(23)11-8-13(25-20-11)10-4-2-1-3-5-10/h1-5,8,12,21-22H,6-7,9H2,(H,17,23). The molecule has 25 heavy (non-hydrogen) atoms. The van der Waals surface area contributed by atoms with Crippen molar-refractivity contribution in [2.45, 2.75) is 12.5 Å². The Morgan fingerprint density at radius 3 is 2.80 bits per heavy atom. The van der Waals surface area contributed by atoms with Crippen molar-refractivity contribution in [3.63, 3.8) is 0 Å². The van der Waals surface area contributed by atoms with E-state index in [1.807, 2.05) is 30.3 Å². The monoisotopic (exact) mass is 344 g/mol. The quantitative estimate of drug-likeness (QED) is 0.571. The van der Waals surface area contributed by atoms with Crippen molar-refractivity contribution in [1.82, 2.24) is 20.7 Å². The van der Waals surface area contributed by atoms with Gasteiger partial charge in [0, 0.05) is 24.6 Å². The van der Waals surface area contributed by atoms with Gasteiger partial charge in [-0.05, 0) is 0 Å². The van der Waals surface area contributed by atoms with E-state index in [4.69, 9.17) is 14.0 Å². The molecule has 0 fully saturated rings. The Kier molecular flexibility index (Phi) is 5.17. The van der Waals surface area contributed by atoms with Crippen LogP contribution in [0.3, 0.4) is 0 Å². The first-order valence-electron chi connectivity index (χ1n) is 7.59. The molecule has 3 rings (SSSR count). The van der Waals surface area contributed by atoms with Gasteiger partial charge in [0.1, 0.15) is 0 Å². The van der Waals surface area contributed by atoms with Gasteiger partial charge in [-0.3, -0.25) is 4.79 Å². The number of aliphatic hydroxyl groups is 2. The van der Waals surface area contributed by atoms with Crippen molar-refractivity contribution in [2.75, 3.05) is 13.2 Å². The number of hydrogen-bond acceptors (Lipinski definition) is 8. The van der Waals surface area contributed by atoms with Crippen LogP contribution in [0.15, 0.2) is 45.3 Å². The maximum absolute atomic E-state index is 12.1. The molecule has 0 radical (unpaired) electrons. The molecule has 1 unspecified atom stereocenters. The minimum absolute atomic E-state index is 0.0622. The van der Waals surface area contributed by atoms with Crippen LogP contribution >= 0.6 is 0 Å². The third-order valence-corrected chi connectivity index (χ3v) is 3.37. The third kappa shape index (κ3) is 4.08. The molecule has 9 nitrogen and oxygen atoms in total. The molecule has 1 atom stereocenters. The fourth-order valence-electron chi connectivity index (χ4n) is 2.07. The molecule has 2 heterocycles. The molecule has 0 saturated carbocycles. The van der Waals surface area contributed by atoms with E-state index in [-0.39, 0.29) is 36.3 Å². The molecule has 2 aromatic heterocycles. The lowest BCUT2D eigenvalue weighted by atomic mass is 10.1. The van der Waals surface area contributed by atoms with E-state index in [2.05, 4.69) is 20.7 Å². The van der Waals surface area contributed by atoms with Gasteiger partial charge in [0.05, 0.1) is 6.61 Å². The molecule has 130 valence electrons. The Balaban J connectivity index is 1.53. The van der Waals surface area contributed by atoms with Crippen molar-refractivity contribution < 1.29 is 23.9 Å². The number of benzene rings is 1. The van der Waals surface area contributed by atoms with Gasteiger partial charge >= 0.3 is 0 Å². The molecule has 9 heteroatoms. The molecule has 0 bridgehead atoms. The van der Waals surface area contributed by atoms with Crippen molar-refractivity contribution in [3.8, 4) is 11.3 Å². The smallest absolute Gasteiger partial charge is 0.273 e. The molecule has 0 saturated heterocycles. The van der Waals surface area contributed by atoms with Gasteiger partial charge in [-0.1, -0.05) is 35.5 Å². The van der Waals surface area contributed by atoms with Crippen LogP contribution in [0.4, 0.5) is 0 Å². The van der Waals surface area contributed by atoms with E-state index < -0.39 is 12.7 Å². The summed E-state index contributed by atoms with van der Waals surface area (Å²) in [7, 11) is 0. The summed E-state index contributed by atoms with van der Waals surface area (Å²) in [6.45, 7) is -0.266. The molecule has 1 amide bonds. The highest BCUT2D eigenvalue weighted by Crippen LogP contribution is 2.19. The van der Waals surface area contributed by atoms with E-state index in [0.717, 1.165) is 5.56 Å². The van der Waals surface area contributed by atoms with Crippen LogP contribution in [0.2, 0.25) is 0 Å². The van der Waals surface area contributed by atoms with Gasteiger partial charge in [0.15, 0.2) is 17.6 Å². The number of rotatable bonds is 7. The SMILES string of the molecule is O=C(NCCc1nnc(C(O)CO)o1)c1cc(-c2ccccc2)on1. The lowest BCUT2D eigenvalue weighted by Gasteiger charge is -2.00. The van der Waals surface area contributed by atoms with Crippen LogP contribution in [0, 0.1) is 0 Å². The van der Waals surface area contributed by atoms with E-state index >= 15 is 0 Å². The lowest BCUT2D eigenvalue weighted by Crippen LogP contribution is -2.26. The predicted octanol–water partition coefficient (Wildman–Crippen LogP) is 0.723. The summed E-state index contributed by atoms with van der Waals surface area (Å²) >= 11 is 0. The summed E-state index contributed by atoms with van der Waals surface area (Å²) in [5.74, 6) is 0.298. The third-order valence-electron chi connectivity index (χ3n) is 3.37. The molecular weight excluding hydrogens is 328 g/mol. The summed E-state index contributed by atoms with van der Waals surface area (Å²) in [6.07, 6.45) is -0.928. The zero-order valence-electron chi connectivity index (χ0n) is 13.1. The van der Waals surface area contributed by atoms with Gasteiger partial charge in [-0.25, -0.2) is 0 Å². The largest absolute Gasteiger partial charge is 0.422 e. The number of nitrogens with zero attached hydrogens (tertiary/aromatic N) is 3. The summed E-state index contributed by atoms with van der Waals surface area (Å²) in [4.78, 5) is 12.1. The maximum atomic E-state index is 12.1. The Morgan fingerprint density at radius 2 is 2.04 bits per heavy atom. The summed E-state index contributed by atoms with van der Waals surface area (Å²) in [5.41, 5.74) is 0.996. The van der Waals surface area contributed by atoms with Crippen LogP contribution in [0.1, 0.15) is 28.4 Å². The van der Waals surface area contributed by atoms with Crippen molar-refractivity contribution in [3.05, 3.63) is 53.9 Å². The summed E-state index contributed by atoms with van der Waals surface area (Å²) < 4.78 is 10.3. The van der Waals surface area contributed by atoms with Crippen LogP contribution < -0.4 is 5.32 Å². The minimum atomic E-state index is -1.21. The van der Waals surface area contributed by atoms with Gasteiger partial charge in [-0.2, -0.15) is 0 Å². The highest BCUT2D eigenvalue weighted by Gasteiger charge is 2.16. The first-order chi connectivity index (χ1) is 12.2. The second-order valence-corrected chi connectivity index (χ2v) is 5.18. The van der Waals surface area contributed by atoms with E-state index in [0.29, 0.717) is 5.76 Å². The minimum Gasteiger partial charge on any atom is -0.422 e. The zero-order valence-corrected chi connectivity index (χ0v) is 13.1. The van der Waals surface area contributed by atoms with Crippen LogP contribution in [0.25, 0.3) is 11.3 Å². The molecule has 1 aromatic carbocycles. The number of hydrogen-bond donors (Lipinski definition) is 3. The normalized spacial score (nSPS) is 12.1. The Morgan fingerprint density at radius 1 is 1.24 bits per heavy atom. The van der Waals surface area contributed by atoms with Crippen molar-refractivity contribution in [1.29, 1.82) is 0 Å². The molecule has 0 aliphatic rings. The predicted molar refractivity (Wildman–Crippen MR) is 84.3 cm³/mol. The number of carbonyl (C=O) groups is 1. The second kappa shape index (κ2) is 7.69. The molecule has 0 aliphatic carbocycles. The topological polar surface area (TPSA) is 135 Å². The molecule has 3 aromatic rings. The average molecular weight is 344 g/mol. The molecular formula is C16H16N4O5. The van der Waals surface area contributed by atoms with Crippen molar-refractivity contribution in [2.24, 2.45) is 0 Å². The number of nitrogens with one attached hydrogen (secondary N) is 1. The van der Waals surface area contributed by atoms with Crippen LogP contribution in [0.5, 0.6) is 0 Å². The van der Waals surface area contributed by atoms with Crippen molar-refractivity contribution >= 4 is 5.91 Å². The molecule has 0 spiro atoms. The van der Waals surface area contributed by atoms with E-state index in [1.54, 1.807) is 6.07 Å². The summed E-state index contributed by atoms with van der Waals surface area (Å²) in [5, 5.41) is 31.9. The van der Waals surface area contributed by atoms with Crippen LogP contribution in [-0.2, 0) is 6.42 Å². The molecule has 0 aliphatic heterocycles. The van der Waals surface area contributed by atoms with Gasteiger partial charge < -0.3 is 24.5 Å². The van der Waals surface area contributed by atoms with Crippen LogP contribution in [-0.4, -0.2) is 44.6 Å². The Hall–Kier alpha value is -3.04. The number of amides is 1. The number of aliphatic hydroxyl groups excluding tert-OH is 2. The zero-order chi connectivity index (χ0) is 17.6. The Bertz CT molecular complexity index is 830. The summed E-state index contributed by atoms with van der Waals surface area (Å²) in [6, 6.07) is 10.9. The maximum Gasteiger partial charge on any atom is 0.273 e.